The number of likely N-dealkylation sites (tertiary alicyclic amines) is 1. The number of hydrogen-bond donors (Lipinski definition) is 3. The van der Waals surface area contributed by atoms with E-state index in [0.29, 0.717) is 6.54 Å². The van der Waals surface area contributed by atoms with E-state index in [2.05, 4.69) is 62.7 Å². The number of piperidine rings is 1. The summed E-state index contributed by atoms with van der Waals surface area (Å²) in [5.41, 5.74) is 4.92. The van der Waals surface area contributed by atoms with Crippen molar-refractivity contribution >= 4 is 29.1 Å². The van der Waals surface area contributed by atoms with Crippen molar-refractivity contribution in [3.05, 3.63) is 76.7 Å². The summed E-state index contributed by atoms with van der Waals surface area (Å²) in [6.45, 7) is 1.51. The molecular weight excluding hydrogens is 444 g/mol. The van der Waals surface area contributed by atoms with Crippen LogP contribution in [0.25, 0.3) is 5.57 Å². The van der Waals surface area contributed by atoms with Gasteiger partial charge in [-0.05, 0) is 53.4 Å². The third-order valence-corrected chi connectivity index (χ3v) is 8.77. The molecule has 6 rings (SSSR count). The average Bonchev–Trinajstić information content (AvgIpc) is 3.49. The van der Waals surface area contributed by atoms with Crippen molar-refractivity contribution in [2.45, 2.75) is 49.3 Å². The van der Waals surface area contributed by atoms with Gasteiger partial charge >= 0.3 is 0 Å². The monoisotopic (exact) mass is 474 g/mol. The van der Waals surface area contributed by atoms with Crippen molar-refractivity contribution in [3.8, 4) is 0 Å². The van der Waals surface area contributed by atoms with E-state index in [-0.39, 0.29) is 41.4 Å². The predicted octanol–water partition coefficient (Wildman–Crippen LogP) is 3.03. The number of hydrogen-bond acceptors (Lipinski definition) is 5. The van der Waals surface area contributed by atoms with Crippen LogP contribution in [0.15, 0.2) is 60.0 Å². The van der Waals surface area contributed by atoms with Crippen molar-refractivity contribution in [3.63, 3.8) is 0 Å². The molecule has 6 nitrogen and oxygen atoms in total. The zero-order valence-electron chi connectivity index (χ0n) is 19.1. The number of rotatable bonds is 4. The SMILES string of the molecule is O=C(NC1CCc2ccccc21)C1CCCN(C2NC(=O)C3SC=C(c4ccccc4)C3N2)C1. The summed E-state index contributed by atoms with van der Waals surface area (Å²) in [6.07, 6.45) is 3.55. The Morgan fingerprint density at radius 2 is 1.88 bits per heavy atom. The van der Waals surface area contributed by atoms with Gasteiger partial charge in [-0.25, -0.2) is 0 Å². The maximum absolute atomic E-state index is 13.2. The molecular formula is C27H30N4O2S. The first kappa shape index (κ1) is 21.9. The Bertz CT molecular complexity index is 1120. The quantitative estimate of drug-likeness (QED) is 0.635. The largest absolute Gasteiger partial charge is 0.349 e. The highest BCUT2D eigenvalue weighted by molar-refractivity contribution is 8.04. The van der Waals surface area contributed by atoms with E-state index in [1.165, 1.54) is 16.7 Å². The number of carbonyl (C=O) groups is 2. The number of aryl methyl sites for hydroxylation is 1. The van der Waals surface area contributed by atoms with E-state index in [0.717, 1.165) is 37.8 Å². The summed E-state index contributed by atoms with van der Waals surface area (Å²) < 4.78 is 0. The molecule has 3 aliphatic heterocycles. The molecule has 2 saturated heterocycles. The number of nitrogens with zero attached hydrogens (tertiary/aromatic N) is 1. The number of fused-ring (bicyclic) bond motifs is 2. The minimum atomic E-state index is -0.262. The van der Waals surface area contributed by atoms with Gasteiger partial charge in [0.2, 0.25) is 11.8 Å². The maximum Gasteiger partial charge on any atom is 0.237 e. The molecule has 2 fully saturated rings. The molecule has 3 N–H and O–H groups in total. The van der Waals surface area contributed by atoms with Gasteiger partial charge in [-0.1, -0.05) is 54.6 Å². The van der Waals surface area contributed by atoms with Crippen LogP contribution in [0, 0.1) is 5.92 Å². The van der Waals surface area contributed by atoms with Crippen molar-refractivity contribution in [1.82, 2.24) is 20.9 Å². The van der Waals surface area contributed by atoms with Gasteiger partial charge in [0, 0.05) is 13.1 Å². The van der Waals surface area contributed by atoms with Crippen molar-refractivity contribution in [2.75, 3.05) is 13.1 Å². The standard InChI is InChI=1S/C27H30N4O2S/c32-25(28-22-13-12-18-9-4-5-11-20(18)22)19-10-6-14-31(15-19)27-29-23-21(17-7-2-1-3-8-17)16-34-24(23)26(33)30-27/h1-5,7-9,11,16,19,22-24,27,29H,6,10,12-15H2,(H,28,32)(H,30,33). The Kier molecular flexibility index (Phi) is 5.93. The first-order valence-corrected chi connectivity index (χ1v) is 13.2. The molecule has 5 unspecified atom stereocenters. The van der Waals surface area contributed by atoms with Crippen LogP contribution in [-0.4, -0.2) is 47.4 Å². The molecule has 2 amide bonds. The van der Waals surface area contributed by atoms with Crippen molar-refractivity contribution in [1.29, 1.82) is 0 Å². The number of nitrogens with one attached hydrogen (secondary N) is 3. The molecule has 2 aromatic rings. The highest BCUT2D eigenvalue weighted by atomic mass is 32.2. The predicted molar refractivity (Wildman–Crippen MR) is 135 cm³/mol. The second-order valence-corrected chi connectivity index (χ2v) is 10.7. The number of carbonyl (C=O) groups excluding carboxylic acids is 2. The van der Waals surface area contributed by atoms with Crippen molar-refractivity contribution < 1.29 is 9.59 Å². The van der Waals surface area contributed by atoms with E-state index in [9.17, 15) is 9.59 Å². The Balaban J connectivity index is 1.12. The van der Waals surface area contributed by atoms with Crippen LogP contribution < -0.4 is 16.0 Å². The van der Waals surface area contributed by atoms with Crippen LogP contribution in [0.5, 0.6) is 0 Å². The first-order valence-electron chi connectivity index (χ1n) is 12.3. The van der Waals surface area contributed by atoms with Crippen molar-refractivity contribution in [2.24, 2.45) is 5.92 Å². The Morgan fingerprint density at radius 3 is 2.76 bits per heavy atom. The molecule has 7 heteroatoms. The molecule has 2 aromatic carbocycles. The minimum absolute atomic E-state index is 0.0321. The maximum atomic E-state index is 13.2. The summed E-state index contributed by atoms with van der Waals surface area (Å²) in [5.74, 6) is 0.128. The molecule has 0 saturated carbocycles. The lowest BCUT2D eigenvalue weighted by atomic mass is 9.94. The van der Waals surface area contributed by atoms with E-state index >= 15 is 0 Å². The van der Waals surface area contributed by atoms with Gasteiger partial charge in [-0.2, -0.15) is 0 Å². The summed E-state index contributed by atoms with van der Waals surface area (Å²) in [6, 6.07) is 18.8. The smallest absolute Gasteiger partial charge is 0.237 e. The topological polar surface area (TPSA) is 73.5 Å². The van der Waals surface area contributed by atoms with E-state index in [1.807, 2.05) is 18.2 Å². The van der Waals surface area contributed by atoms with E-state index in [4.69, 9.17) is 0 Å². The highest BCUT2D eigenvalue weighted by Crippen LogP contribution is 2.39. The Morgan fingerprint density at radius 1 is 1.06 bits per heavy atom. The molecule has 0 spiro atoms. The molecule has 5 atom stereocenters. The Labute approximate surface area is 204 Å². The fraction of sp³-hybridized carbons (Fsp3) is 0.407. The third kappa shape index (κ3) is 4.06. The zero-order valence-corrected chi connectivity index (χ0v) is 19.9. The minimum Gasteiger partial charge on any atom is -0.349 e. The Hall–Kier alpha value is -2.61. The lowest BCUT2D eigenvalue weighted by molar-refractivity contribution is -0.129. The lowest BCUT2D eigenvalue weighted by Gasteiger charge is -2.43. The molecule has 0 aromatic heterocycles. The van der Waals surface area contributed by atoms with Crippen LogP contribution in [-0.2, 0) is 16.0 Å². The number of benzene rings is 2. The van der Waals surface area contributed by atoms with Crippen LogP contribution in [0.3, 0.4) is 0 Å². The molecule has 3 heterocycles. The average molecular weight is 475 g/mol. The van der Waals surface area contributed by atoms with Gasteiger partial charge in [0.05, 0.1) is 18.0 Å². The van der Waals surface area contributed by atoms with Gasteiger partial charge in [-0.3, -0.25) is 19.8 Å². The third-order valence-electron chi connectivity index (χ3n) is 7.60. The van der Waals surface area contributed by atoms with Crippen LogP contribution in [0.2, 0.25) is 0 Å². The van der Waals surface area contributed by atoms with Gasteiger partial charge in [0.1, 0.15) is 11.5 Å². The summed E-state index contributed by atoms with van der Waals surface area (Å²) in [7, 11) is 0. The normalized spacial score (nSPS) is 30.8. The highest BCUT2D eigenvalue weighted by Gasteiger charge is 2.44. The number of thioether (sulfide) groups is 1. The second kappa shape index (κ2) is 9.21. The fourth-order valence-electron chi connectivity index (χ4n) is 5.81. The lowest BCUT2D eigenvalue weighted by Crippen LogP contribution is -2.69. The molecule has 34 heavy (non-hydrogen) atoms. The molecule has 176 valence electrons. The van der Waals surface area contributed by atoms with Gasteiger partial charge < -0.3 is 10.6 Å². The van der Waals surface area contributed by atoms with Crippen LogP contribution in [0.1, 0.15) is 42.0 Å². The molecule has 0 radical (unpaired) electrons. The summed E-state index contributed by atoms with van der Waals surface area (Å²) >= 11 is 1.58. The van der Waals surface area contributed by atoms with Gasteiger partial charge in [0.15, 0.2) is 0 Å². The number of amides is 2. The van der Waals surface area contributed by atoms with E-state index < -0.39 is 0 Å². The fourth-order valence-corrected chi connectivity index (χ4v) is 6.96. The van der Waals surface area contributed by atoms with E-state index in [1.54, 1.807) is 11.8 Å². The second-order valence-electron chi connectivity index (χ2n) is 9.68. The molecule has 1 aliphatic carbocycles. The van der Waals surface area contributed by atoms with Gasteiger partial charge in [0.25, 0.3) is 0 Å². The zero-order chi connectivity index (χ0) is 23.1. The molecule has 0 bridgehead atoms. The molecule has 4 aliphatic rings. The summed E-state index contributed by atoms with van der Waals surface area (Å²) in [5, 5.41) is 12.1. The first-order chi connectivity index (χ1) is 16.7. The summed E-state index contributed by atoms with van der Waals surface area (Å²) in [4.78, 5) is 28.4. The van der Waals surface area contributed by atoms with Crippen LogP contribution in [0.4, 0.5) is 0 Å². The van der Waals surface area contributed by atoms with Gasteiger partial charge in [-0.15, -0.1) is 11.8 Å². The van der Waals surface area contributed by atoms with Crippen LogP contribution >= 0.6 is 11.8 Å².